The molecule has 4 nitrogen and oxygen atoms in total. The van der Waals surface area contributed by atoms with Gasteiger partial charge in [-0.05, 0) is 19.1 Å². The summed E-state index contributed by atoms with van der Waals surface area (Å²) in [5.74, 6) is 0.729. The number of nitrogens with zero attached hydrogens (tertiary/aromatic N) is 2. The van der Waals surface area contributed by atoms with E-state index < -0.39 is 9.84 Å². The van der Waals surface area contributed by atoms with Gasteiger partial charge in [0.25, 0.3) is 0 Å². The molecule has 6 heteroatoms. The predicted octanol–water partition coefficient (Wildman–Crippen LogP) is 2.19. The highest BCUT2D eigenvalue weighted by Crippen LogP contribution is 2.23. The number of thioether (sulfide) groups is 1. The van der Waals surface area contributed by atoms with E-state index in [0.29, 0.717) is 5.75 Å². The molecule has 0 aliphatic heterocycles. The first-order valence-corrected chi connectivity index (χ1v) is 8.81. The van der Waals surface area contributed by atoms with E-state index >= 15 is 0 Å². The number of rotatable bonds is 5. The molecule has 0 atom stereocenters. The first-order valence-electron chi connectivity index (χ1n) is 5.77. The van der Waals surface area contributed by atoms with Gasteiger partial charge in [0.1, 0.15) is 9.84 Å². The molecule has 0 unspecified atom stereocenters. The van der Waals surface area contributed by atoms with Crippen molar-refractivity contribution < 1.29 is 8.42 Å². The number of benzene rings is 1. The van der Waals surface area contributed by atoms with Crippen LogP contribution in [-0.2, 0) is 16.4 Å². The van der Waals surface area contributed by atoms with E-state index in [0.717, 1.165) is 22.7 Å². The molecular weight excluding hydrogens is 268 g/mol. The molecule has 0 saturated heterocycles. The fourth-order valence-electron chi connectivity index (χ4n) is 1.75. The molecule has 0 N–H and O–H groups in total. The summed E-state index contributed by atoms with van der Waals surface area (Å²) in [6.07, 6.45) is 1.26. The number of aryl methyl sites for hydroxylation is 1. The maximum absolute atomic E-state index is 11.1. The van der Waals surface area contributed by atoms with Crippen LogP contribution >= 0.6 is 11.8 Å². The van der Waals surface area contributed by atoms with Crippen molar-refractivity contribution in [3.63, 3.8) is 0 Å². The van der Waals surface area contributed by atoms with Crippen molar-refractivity contribution in [3.05, 3.63) is 24.3 Å². The quantitative estimate of drug-likeness (QED) is 0.790. The van der Waals surface area contributed by atoms with Crippen LogP contribution in [0, 0.1) is 0 Å². The third-order valence-electron chi connectivity index (χ3n) is 2.62. The SMILES string of the molecule is CCn1c(SCCS(C)(=O)=O)nc2ccccc21. The van der Waals surface area contributed by atoms with Crippen LogP contribution in [0.2, 0.25) is 0 Å². The van der Waals surface area contributed by atoms with Crippen molar-refractivity contribution in [2.24, 2.45) is 0 Å². The minimum atomic E-state index is -2.90. The topological polar surface area (TPSA) is 52.0 Å². The Bertz CT molecular complexity index is 647. The van der Waals surface area contributed by atoms with Gasteiger partial charge in [-0.3, -0.25) is 0 Å². The summed E-state index contributed by atoms with van der Waals surface area (Å²) in [4.78, 5) is 4.53. The number of sulfone groups is 1. The lowest BCUT2D eigenvalue weighted by Gasteiger charge is -2.04. The van der Waals surface area contributed by atoms with Gasteiger partial charge in [0.15, 0.2) is 5.16 Å². The van der Waals surface area contributed by atoms with E-state index in [1.54, 1.807) is 0 Å². The van der Waals surface area contributed by atoms with Crippen LogP contribution in [0.1, 0.15) is 6.92 Å². The van der Waals surface area contributed by atoms with Crippen molar-refractivity contribution in [2.45, 2.75) is 18.6 Å². The van der Waals surface area contributed by atoms with E-state index in [1.165, 1.54) is 18.0 Å². The highest BCUT2D eigenvalue weighted by Gasteiger charge is 2.10. The molecule has 0 aliphatic rings. The first kappa shape index (κ1) is 13.4. The van der Waals surface area contributed by atoms with Gasteiger partial charge in [0, 0.05) is 18.6 Å². The molecule has 98 valence electrons. The summed E-state index contributed by atoms with van der Waals surface area (Å²) in [7, 11) is -2.90. The lowest BCUT2D eigenvalue weighted by Crippen LogP contribution is -2.06. The van der Waals surface area contributed by atoms with Crippen LogP contribution in [0.15, 0.2) is 29.4 Å². The van der Waals surface area contributed by atoms with Gasteiger partial charge in [0.05, 0.1) is 16.8 Å². The van der Waals surface area contributed by atoms with Gasteiger partial charge in [-0.15, -0.1) is 0 Å². The van der Waals surface area contributed by atoms with Crippen molar-refractivity contribution in [3.8, 4) is 0 Å². The molecule has 0 radical (unpaired) electrons. The number of imidazole rings is 1. The third-order valence-corrected chi connectivity index (χ3v) is 4.80. The van der Waals surface area contributed by atoms with Gasteiger partial charge >= 0.3 is 0 Å². The molecule has 18 heavy (non-hydrogen) atoms. The van der Waals surface area contributed by atoms with Gasteiger partial charge in [-0.2, -0.15) is 0 Å². The highest BCUT2D eigenvalue weighted by atomic mass is 32.2. The van der Waals surface area contributed by atoms with Crippen LogP contribution in [0.25, 0.3) is 11.0 Å². The number of hydrogen-bond donors (Lipinski definition) is 0. The van der Waals surface area contributed by atoms with Crippen molar-refractivity contribution in [1.82, 2.24) is 9.55 Å². The Balaban J connectivity index is 2.22. The monoisotopic (exact) mass is 284 g/mol. The fraction of sp³-hybridized carbons (Fsp3) is 0.417. The molecule has 0 fully saturated rings. The second kappa shape index (κ2) is 5.32. The predicted molar refractivity (Wildman–Crippen MR) is 75.8 cm³/mol. The Morgan fingerprint density at radius 3 is 2.72 bits per heavy atom. The Morgan fingerprint density at radius 2 is 2.06 bits per heavy atom. The Hall–Kier alpha value is -1.01. The lowest BCUT2D eigenvalue weighted by atomic mass is 10.3. The van der Waals surface area contributed by atoms with Gasteiger partial charge in [0.2, 0.25) is 0 Å². The number of para-hydroxylation sites is 2. The van der Waals surface area contributed by atoms with Crippen molar-refractivity contribution in [2.75, 3.05) is 17.8 Å². The molecule has 0 bridgehead atoms. The molecule has 1 aromatic carbocycles. The summed E-state index contributed by atoms with van der Waals surface area (Å²) in [5, 5.41) is 0.891. The van der Waals surface area contributed by atoms with Crippen LogP contribution < -0.4 is 0 Å². The second-order valence-electron chi connectivity index (χ2n) is 4.11. The number of aromatic nitrogens is 2. The maximum Gasteiger partial charge on any atom is 0.169 e. The van der Waals surface area contributed by atoms with E-state index in [2.05, 4.69) is 16.5 Å². The fourth-order valence-corrected chi connectivity index (χ4v) is 4.03. The standard InChI is InChI=1S/C12H16N2O2S2/c1-3-14-11-7-5-4-6-10(11)13-12(14)17-8-9-18(2,15)16/h4-7H,3,8-9H2,1-2H3. The summed E-state index contributed by atoms with van der Waals surface area (Å²) in [5.41, 5.74) is 2.06. The summed E-state index contributed by atoms with van der Waals surface area (Å²) in [6.45, 7) is 2.90. The Labute approximate surface area is 111 Å². The molecule has 2 aromatic rings. The summed E-state index contributed by atoms with van der Waals surface area (Å²) in [6, 6.07) is 7.95. The number of hydrogen-bond acceptors (Lipinski definition) is 4. The third kappa shape index (κ3) is 3.05. The molecule has 0 saturated carbocycles. The summed E-state index contributed by atoms with van der Waals surface area (Å²) < 4.78 is 24.3. The zero-order valence-electron chi connectivity index (χ0n) is 10.5. The highest BCUT2D eigenvalue weighted by molar-refractivity contribution is 8.00. The average molecular weight is 284 g/mol. The van der Waals surface area contributed by atoms with Gasteiger partial charge in [-0.25, -0.2) is 13.4 Å². The molecule has 1 heterocycles. The van der Waals surface area contributed by atoms with E-state index in [4.69, 9.17) is 0 Å². The van der Waals surface area contributed by atoms with Crippen LogP contribution in [-0.4, -0.2) is 35.7 Å². The molecule has 0 spiro atoms. The first-order chi connectivity index (χ1) is 8.51. The van der Waals surface area contributed by atoms with E-state index in [1.807, 2.05) is 24.3 Å². The smallest absolute Gasteiger partial charge is 0.169 e. The zero-order valence-corrected chi connectivity index (χ0v) is 12.1. The molecule has 0 amide bonds. The normalized spacial score (nSPS) is 12.1. The molecule has 1 aromatic heterocycles. The van der Waals surface area contributed by atoms with Crippen molar-refractivity contribution >= 4 is 32.6 Å². The van der Waals surface area contributed by atoms with E-state index in [-0.39, 0.29) is 5.75 Å². The minimum absolute atomic E-state index is 0.185. The Morgan fingerprint density at radius 1 is 1.33 bits per heavy atom. The zero-order chi connectivity index (χ0) is 13.2. The summed E-state index contributed by atoms with van der Waals surface area (Å²) >= 11 is 1.50. The number of fused-ring (bicyclic) bond motifs is 1. The van der Waals surface area contributed by atoms with E-state index in [9.17, 15) is 8.42 Å². The van der Waals surface area contributed by atoms with Crippen molar-refractivity contribution in [1.29, 1.82) is 0 Å². The molecule has 0 aliphatic carbocycles. The van der Waals surface area contributed by atoms with Crippen LogP contribution in [0.4, 0.5) is 0 Å². The molecule has 2 rings (SSSR count). The van der Waals surface area contributed by atoms with Gasteiger partial charge < -0.3 is 4.57 Å². The molecular formula is C12H16N2O2S2. The Kier molecular flexibility index (Phi) is 3.97. The van der Waals surface area contributed by atoms with Crippen LogP contribution in [0.5, 0.6) is 0 Å². The second-order valence-corrected chi connectivity index (χ2v) is 7.43. The largest absolute Gasteiger partial charge is 0.319 e. The maximum atomic E-state index is 11.1. The lowest BCUT2D eigenvalue weighted by molar-refractivity contribution is 0.603. The minimum Gasteiger partial charge on any atom is -0.319 e. The van der Waals surface area contributed by atoms with Gasteiger partial charge in [-0.1, -0.05) is 23.9 Å². The average Bonchev–Trinajstić information content (AvgIpc) is 2.64. The van der Waals surface area contributed by atoms with Crippen LogP contribution in [0.3, 0.4) is 0 Å².